The molecule has 0 aliphatic rings. The zero-order valence-electron chi connectivity index (χ0n) is 9.91. The molecule has 0 aliphatic heterocycles. The van der Waals surface area contributed by atoms with Crippen molar-refractivity contribution < 1.29 is 18.6 Å². The predicted octanol–water partition coefficient (Wildman–Crippen LogP) is 3.43. The van der Waals surface area contributed by atoms with E-state index < -0.39 is 17.7 Å². The third kappa shape index (κ3) is 2.23. The molecule has 1 aromatic heterocycles. The number of aliphatic hydroxyl groups is 1. The molecule has 0 saturated heterocycles. The van der Waals surface area contributed by atoms with Crippen molar-refractivity contribution in [3.8, 4) is 5.75 Å². The lowest BCUT2D eigenvalue weighted by Gasteiger charge is -2.14. The molecular weight excluding hydrogens is 258 g/mol. The first-order chi connectivity index (χ1) is 8.54. The Morgan fingerprint density at radius 1 is 1.22 bits per heavy atom. The van der Waals surface area contributed by atoms with Gasteiger partial charge in [0.1, 0.15) is 23.5 Å². The fourth-order valence-electron chi connectivity index (χ4n) is 1.75. The van der Waals surface area contributed by atoms with Crippen molar-refractivity contribution in [2.45, 2.75) is 13.0 Å². The van der Waals surface area contributed by atoms with Crippen LogP contribution in [-0.2, 0) is 0 Å². The molecule has 0 amide bonds. The largest absolute Gasteiger partial charge is 0.497 e. The standard InChI is InChI=1S/C13H12F2O2S/c1-7-5-18-6-9(7)13(16)12-10(14)3-8(17-2)4-11(12)15/h3-6,13,16H,1-2H3. The van der Waals surface area contributed by atoms with E-state index in [9.17, 15) is 13.9 Å². The predicted molar refractivity (Wildman–Crippen MR) is 66.0 cm³/mol. The van der Waals surface area contributed by atoms with E-state index in [-0.39, 0.29) is 11.3 Å². The van der Waals surface area contributed by atoms with Gasteiger partial charge >= 0.3 is 0 Å². The first-order valence-corrected chi connectivity index (χ1v) is 6.22. The molecule has 2 aromatic rings. The quantitative estimate of drug-likeness (QED) is 0.926. The average molecular weight is 270 g/mol. The molecule has 18 heavy (non-hydrogen) atoms. The van der Waals surface area contributed by atoms with Gasteiger partial charge in [0.2, 0.25) is 0 Å². The number of aliphatic hydroxyl groups excluding tert-OH is 1. The van der Waals surface area contributed by atoms with Crippen LogP contribution in [0.2, 0.25) is 0 Å². The number of halogens is 2. The number of benzene rings is 1. The second kappa shape index (κ2) is 5.04. The third-order valence-corrected chi connectivity index (χ3v) is 3.63. The molecule has 0 bridgehead atoms. The average Bonchev–Trinajstić information content (AvgIpc) is 2.74. The molecule has 0 aliphatic carbocycles. The molecule has 1 atom stereocenters. The van der Waals surface area contributed by atoms with Crippen molar-refractivity contribution >= 4 is 11.3 Å². The van der Waals surface area contributed by atoms with Crippen molar-refractivity contribution in [3.63, 3.8) is 0 Å². The van der Waals surface area contributed by atoms with Crippen LogP contribution in [0.4, 0.5) is 8.78 Å². The Kier molecular flexibility index (Phi) is 3.63. The summed E-state index contributed by atoms with van der Waals surface area (Å²) >= 11 is 1.38. The Labute approximate surface area is 107 Å². The molecule has 5 heteroatoms. The zero-order chi connectivity index (χ0) is 13.3. The van der Waals surface area contributed by atoms with Crippen molar-refractivity contribution in [1.82, 2.24) is 0 Å². The molecular formula is C13H12F2O2S. The van der Waals surface area contributed by atoms with Crippen molar-refractivity contribution in [2.24, 2.45) is 0 Å². The van der Waals surface area contributed by atoms with Crippen LogP contribution in [0.1, 0.15) is 22.8 Å². The maximum absolute atomic E-state index is 13.8. The van der Waals surface area contributed by atoms with Crippen LogP contribution in [0.25, 0.3) is 0 Å². The minimum atomic E-state index is -1.30. The van der Waals surface area contributed by atoms with Gasteiger partial charge in [-0.25, -0.2) is 8.78 Å². The second-order valence-electron chi connectivity index (χ2n) is 3.92. The number of rotatable bonds is 3. The summed E-state index contributed by atoms with van der Waals surface area (Å²) in [6.07, 6.45) is -1.30. The number of methoxy groups -OCH3 is 1. The summed E-state index contributed by atoms with van der Waals surface area (Å²) in [5.41, 5.74) is 0.974. The Hall–Kier alpha value is -1.46. The van der Waals surface area contributed by atoms with E-state index in [1.54, 1.807) is 12.3 Å². The fourth-order valence-corrected chi connectivity index (χ4v) is 2.62. The minimum Gasteiger partial charge on any atom is -0.497 e. The summed E-state index contributed by atoms with van der Waals surface area (Å²) in [5.74, 6) is -1.54. The van der Waals surface area contributed by atoms with E-state index in [1.165, 1.54) is 18.4 Å². The van der Waals surface area contributed by atoms with Crippen LogP contribution in [-0.4, -0.2) is 12.2 Å². The highest BCUT2D eigenvalue weighted by Gasteiger charge is 2.22. The SMILES string of the molecule is COc1cc(F)c(C(O)c2cscc2C)c(F)c1. The van der Waals surface area contributed by atoms with Crippen molar-refractivity contribution in [2.75, 3.05) is 7.11 Å². The summed E-state index contributed by atoms with van der Waals surface area (Å²) in [6.45, 7) is 1.79. The normalized spacial score (nSPS) is 12.5. The van der Waals surface area contributed by atoms with Gasteiger partial charge in [-0.15, -0.1) is 0 Å². The van der Waals surface area contributed by atoms with Crippen LogP contribution in [0.5, 0.6) is 5.75 Å². The molecule has 1 aromatic carbocycles. The highest BCUT2D eigenvalue weighted by molar-refractivity contribution is 7.08. The van der Waals surface area contributed by atoms with E-state index in [0.29, 0.717) is 5.56 Å². The van der Waals surface area contributed by atoms with Crippen LogP contribution in [0.3, 0.4) is 0 Å². The smallest absolute Gasteiger partial charge is 0.135 e. The number of hydrogen-bond donors (Lipinski definition) is 1. The number of thiophene rings is 1. The summed E-state index contributed by atoms with van der Waals surface area (Å²) in [6, 6.07) is 2.12. The Morgan fingerprint density at radius 2 is 1.83 bits per heavy atom. The second-order valence-corrected chi connectivity index (χ2v) is 4.66. The van der Waals surface area contributed by atoms with Crippen molar-refractivity contribution in [1.29, 1.82) is 0 Å². The van der Waals surface area contributed by atoms with Gasteiger partial charge in [0.25, 0.3) is 0 Å². The highest BCUT2D eigenvalue weighted by atomic mass is 32.1. The van der Waals surface area contributed by atoms with Gasteiger partial charge in [-0.3, -0.25) is 0 Å². The van der Waals surface area contributed by atoms with Gasteiger partial charge in [0.15, 0.2) is 0 Å². The maximum Gasteiger partial charge on any atom is 0.135 e. The number of ether oxygens (including phenoxy) is 1. The summed E-state index contributed by atoms with van der Waals surface area (Å²) in [4.78, 5) is 0. The molecule has 0 spiro atoms. The van der Waals surface area contributed by atoms with E-state index in [1.807, 2.05) is 5.38 Å². The Morgan fingerprint density at radius 3 is 2.28 bits per heavy atom. The van der Waals surface area contributed by atoms with Gasteiger partial charge in [-0.05, 0) is 28.8 Å². The summed E-state index contributed by atoms with van der Waals surface area (Å²) in [5, 5.41) is 13.6. The molecule has 0 saturated carbocycles. The molecule has 2 nitrogen and oxygen atoms in total. The Bertz CT molecular complexity index is 543. The summed E-state index contributed by atoms with van der Waals surface area (Å²) < 4.78 is 32.4. The van der Waals surface area contributed by atoms with Gasteiger partial charge < -0.3 is 9.84 Å². The lowest BCUT2D eigenvalue weighted by atomic mass is 10.00. The van der Waals surface area contributed by atoms with Gasteiger partial charge in [-0.2, -0.15) is 11.3 Å². The van der Waals surface area contributed by atoms with Crippen LogP contribution < -0.4 is 4.74 Å². The van der Waals surface area contributed by atoms with E-state index in [4.69, 9.17) is 4.74 Å². The van der Waals surface area contributed by atoms with E-state index in [0.717, 1.165) is 17.7 Å². The maximum atomic E-state index is 13.8. The monoisotopic (exact) mass is 270 g/mol. The first kappa shape index (κ1) is 13.0. The highest BCUT2D eigenvalue weighted by Crippen LogP contribution is 2.32. The number of hydrogen-bond acceptors (Lipinski definition) is 3. The number of aryl methyl sites for hydroxylation is 1. The molecule has 96 valence electrons. The minimum absolute atomic E-state index is 0.0861. The lowest BCUT2D eigenvalue weighted by molar-refractivity contribution is 0.208. The molecule has 1 N–H and O–H groups in total. The first-order valence-electron chi connectivity index (χ1n) is 5.28. The molecule has 1 unspecified atom stereocenters. The summed E-state index contributed by atoms with van der Waals surface area (Å²) in [7, 11) is 1.33. The van der Waals surface area contributed by atoms with Crippen LogP contribution in [0, 0.1) is 18.6 Å². The van der Waals surface area contributed by atoms with Crippen LogP contribution in [0.15, 0.2) is 22.9 Å². The zero-order valence-corrected chi connectivity index (χ0v) is 10.7. The van der Waals surface area contributed by atoms with E-state index >= 15 is 0 Å². The fraction of sp³-hybridized carbons (Fsp3) is 0.231. The lowest BCUT2D eigenvalue weighted by Crippen LogP contribution is -2.06. The Balaban J connectivity index is 2.48. The third-order valence-electron chi connectivity index (χ3n) is 2.75. The molecule has 0 radical (unpaired) electrons. The van der Waals surface area contributed by atoms with Gasteiger partial charge in [-0.1, -0.05) is 0 Å². The van der Waals surface area contributed by atoms with Crippen molar-refractivity contribution in [3.05, 3.63) is 51.2 Å². The van der Waals surface area contributed by atoms with E-state index in [2.05, 4.69) is 0 Å². The van der Waals surface area contributed by atoms with Gasteiger partial charge in [0.05, 0.1) is 12.7 Å². The molecule has 1 heterocycles. The topological polar surface area (TPSA) is 29.5 Å². The van der Waals surface area contributed by atoms with Crippen LogP contribution >= 0.6 is 11.3 Å². The molecule has 2 rings (SSSR count). The van der Waals surface area contributed by atoms with Gasteiger partial charge in [0, 0.05) is 12.1 Å². The molecule has 0 fully saturated rings.